The minimum absolute atomic E-state index is 0.276. The number of hydrogen-bond acceptors (Lipinski definition) is 4. The van der Waals surface area contributed by atoms with E-state index in [1.807, 2.05) is 12.1 Å². The number of carbonyl (C=O) groups excluding carboxylic acids is 1. The third kappa shape index (κ3) is 2.88. The van der Waals surface area contributed by atoms with Crippen molar-refractivity contribution in [2.24, 2.45) is 5.84 Å². The number of hydrogen-bond donors (Lipinski definition) is 2. The highest BCUT2D eigenvalue weighted by Gasteiger charge is 2.33. The quantitative estimate of drug-likeness (QED) is 0.496. The summed E-state index contributed by atoms with van der Waals surface area (Å²) in [5.74, 6) is 4.87. The molecule has 5 nitrogen and oxygen atoms in total. The van der Waals surface area contributed by atoms with Crippen LogP contribution in [0, 0.1) is 0 Å². The van der Waals surface area contributed by atoms with Crippen LogP contribution in [-0.2, 0) is 11.3 Å². The summed E-state index contributed by atoms with van der Waals surface area (Å²) in [5.41, 5.74) is 3.88. The highest BCUT2D eigenvalue weighted by molar-refractivity contribution is 9.10. The van der Waals surface area contributed by atoms with Crippen molar-refractivity contribution in [2.45, 2.75) is 31.6 Å². The van der Waals surface area contributed by atoms with E-state index in [1.54, 1.807) is 6.07 Å². The van der Waals surface area contributed by atoms with Crippen molar-refractivity contribution in [1.82, 2.24) is 10.3 Å². The lowest BCUT2D eigenvalue weighted by molar-refractivity contribution is -0.0411. The molecular weight excluding hydrogens is 322 g/mol. The molecule has 2 bridgehead atoms. The van der Waals surface area contributed by atoms with Crippen LogP contribution in [0.15, 0.2) is 22.7 Å². The first-order valence-electron chi connectivity index (χ1n) is 6.83. The first-order valence-corrected chi connectivity index (χ1v) is 7.62. The normalized spacial score (nSPS) is 25.7. The smallest absolute Gasteiger partial charge is 0.265 e. The maximum Gasteiger partial charge on any atom is 0.265 e. The number of benzene rings is 1. The molecule has 20 heavy (non-hydrogen) atoms. The van der Waals surface area contributed by atoms with Gasteiger partial charge in [-0.15, -0.1) is 0 Å². The molecule has 2 heterocycles. The van der Waals surface area contributed by atoms with Crippen LogP contribution >= 0.6 is 15.9 Å². The van der Waals surface area contributed by atoms with E-state index in [9.17, 15) is 4.79 Å². The standard InChI is InChI=1S/C14H18BrN3O2/c15-13-5-9(14(19)17-16)1-2-10(13)6-18-7-11-3-4-12(8-18)20-11/h1-2,5,11-12H,3-4,6-8,16H2,(H,17,19). The zero-order valence-corrected chi connectivity index (χ0v) is 12.7. The first-order chi connectivity index (χ1) is 9.65. The third-order valence-electron chi connectivity index (χ3n) is 3.96. The van der Waals surface area contributed by atoms with Crippen molar-refractivity contribution >= 4 is 21.8 Å². The topological polar surface area (TPSA) is 67.6 Å². The Kier molecular flexibility index (Phi) is 4.07. The number of carbonyl (C=O) groups is 1. The summed E-state index contributed by atoms with van der Waals surface area (Å²) in [4.78, 5) is 13.9. The fraction of sp³-hybridized carbons (Fsp3) is 0.500. The molecule has 0 aliphatic carbocycles. The van der Waals surface area contributed by atoms with Gasteiger partial charge in [-0.05, 0) is 30.5 Å². The lowest BCUT2D eigenvalue weighted by Crippen LogP contribution is -2.42. The number of ether oxygens (including phenoxy) is 1. The minimum atomic E-state index is -0.276. The Balaban J connectivity index is 1.70. The van der Waals surface area contributed by atoms with Crippen LogP contribution < -0.4 is 11.3 Å². The molecule has 0 radical (unpaired) electrons. The highest BCUT2D eigenvalue weighted by atomic mass is 79.9. The Labute approximate surface area is 126 Å². The Hall–Kier alpha value is -0.950. The number of amides is 1. The van der Waals surface area contributed by atoms with Gasteiger partial charge in [-0.3, -0.25) is 15.1 Å². The van der Waals surface area contributed by atoms with E-state index in [1.165, 1.54) is 18.4 Å². The van der Waals surface area contributed by atoms with E-state index < -0.39 is 0 Å². The zero-order chi connectivity index (χ0) is 14.1. The zero-order valence-electron chi connectivity index (χ0n) is 11.1. The first kappa shape index (κ1) is 14.0. The lowest BCUT2D eigenvalue weighted by atomic mass is 10.1. The minimum Gasteiger partial charge on any atom is -0.372 e. The lowest BCUT2D eigenvalue weighted by Gasteiger charge is -2.32. The molecular formula is C14H18BrN3O2. The molecule has 2 unspecified atom stereocenters. The Morgan fingerprint density at radius 3 is 2.70 bits per heavy atom. The van der Waals surface area contributed by atoms with E-state index in [0.717, 1.165) is 24.1 Å². The molecule has 6 heteroatoms. The predicted octanol–water partition coefficient (Wildman–Crippen LogP) is 1.42. The molecule has 3 rings (SSSR count). The maximum absolute atomic E-state index is 11.5. The monoisotopic (exact) mass is 339 g/mol. The second kappa shape index (κ2) is 5.81. The van der Waals surface area contributed by atoms with Gasteiger partial charge in [-0.1, -0.05) is 22.0 Å². The van der Waals surface area contributed by atoms with Gasteiger partial charge in [0.15, 0.2) is 0 Å². The van der Waals surface area contributed by atoms with Crippen molar-refractivity contribution in [3.63, 3.8) is 0 Å². The van der Waals surface area contributed by atoms with Crippen LogP contribution in [0.25, 0.3) is 0 Å². The summed E-state index contributed by atoms with van der Waals surface area (Å²) in [6, 6.07) is 5.59. The highest BCUT2D eigenvalue weighted by Crippen LogP contribution is 2.28. The molecule has 1 amide bonds. The third-order valence-corrected chi connectivity index (χ3v) is 4.70. The van der Waals surface area contributed by atoms with E-state index in [0.29, 0.717) is 17.8 Å². The van der Waals surface area contributed by atoms with E-state index in [2.05, 4.69) is 26.3 Å². The molecule has 0 spiro atoms. The summed E-state index contributed by atoms with van der Waals surface area (Å²) < 4.78 is 6.78. The van der Waals surface area contributed by atoms with Gasteiger partial charge in [0.25, 0.3) is 5.91 Å². The van der Waals surface area contributed by atoms with Crippen LogP contribution in [0.3, 0.4) is 0 Å². The van der Waals surface area contributed by atoms with Gasteiger partial charge in [0.05, 0.1) is 12.2 Å². The van der Waals surface area contributed by atoms with Gasteiger partial charge < -0.3 is 4.74 Å². The molecule has 2 fully saturated rings. The van der Waals surface area contributed by atoms with Crippen molar-refractivity contribution in [3.05, 3.63) is 33.8 Å². The van der Waals surface area contributed by atoms with E-state index >= 15 is 0 Å². The molecule has 2 saturated heterocycles. The van der Waals surface area contributed by atoms with Gasteiger partial charge in [-0.25, -0.2) is 5.84 Å². The van der Waals surface area contributed by atoms with Crippen molar-refractivity contribution in [2.75, 3.05) is 13.1 Å². The van der Waals surface area contributed by atoms with Crippen LogP contribution in [0.4, 0.5) is 0 Å². The van der Waals surface area contributed by atoms with Crippen molar-refractivity contribution in [1.29, 1.82) is 0 Å². The van der Waals surface area contributed by atoms with Gasteiger partial charge >= 0.3 is 0 Å². The fourth-order valence-corrected chi connectivity index (χ4v) is 3.47. The molecule has 2 atom stereocenters. The maximum atomic E-state index is 11.5. The van der Waals surface area contributed by atoms with Crippen LogP contribution in [-0.4, -0.2) is 36.1 Å². The number of nitrogens with zero attached hydrogens (tertiary/aromatic N) is 1. The Morgan fingerprint density at radius 2 is 2.10 bits per heavy atom. The van der Waals surface area contributed by atoms with Crippen LogP contribution in [0.5, 0.6) is 0 Å². The van der Waals surface area contributed by atoms with Gasteiger partial charge in [0.1, 0.15) is 0 Å². The Morgan fingerprint density at radius 1 is 1.40 bits per heavy atom. The summed E-state index contributed by atoms with van der Waals surface area (Å²) in [6.07, 6.45) is 3.15. The molecule has 108 valence electrons. The van der Waals surface area contributed by atoms with Gasteiger partial charge in [0, 0.05) is 29.7 Å². The number of likely N-dealkylation sites (tertiary alicyclic amines) is 1. The average Bonchev–Trinajstić information content (AvgIpc) is 2.79. The molecule has 2 aliphatic heterocycles. The predicted molar refractivity (Wildman–Crippen MR) is 79.0 cm³/mol. The van der Waals surface area contributed by atoms with E-state index in [4.69, 9.17) is 10.6 Å². The number of nitrogens with two attached hydrogens (primary N) is 1. The molecule has 0 aromatic heterocycles. The number of halogens is 1. The average molecular weight is 340 g/mol. The number of rotatable bonds is 3. The van der Waals surface area contributed by atoms with E-state index in [-0.39, 0.29) is 5.91 Å². The molecule has 1 aromatic carbocycles. The molecule has 0 saturated carbocycles. The second-order valence-electron chi connectivity index (χ2n) is 5.43. The van der Waals surface area contributed by atoms with Crippen LogP contribution in [0.1, 0.15) is 28.8 Å². The molecule has 1 aromatic rings. The summed E-state index contributed by atoms with van der Waals surface area (Å²) >= 11 is 3.54. The van der Waals surface area contributed by atoms with Gasteiger partial charge in [0.2, 0.25) is 0 Å². The van der Waals surface area contributed by atoms with Crippen LogP contribution in [0.2, 0.25) is 0 Å². The second-order valence-corrected chi connectivity index (χ2v) is 6.29. The number of fused-ring (bicyclic) bond motifs is 2. The fourth-order valence-electron chi connectivity index (χ4n) is 2.97. The number of morpholine rings is 1. The van der Waals surface area contributed by atoms with Crippen molar-refractivity contribution < 1.29 is 9.53 Å². The molecule has 3 N–H and O–H groups in total. The molecule has 2 aliphatic rings. The summed E-state index contributed by atoms with van der Waals surface area (Å²) in [6.45, 7) is 2.86. The number of nitrogen functional groups attached to an aromatic ring is 1. The SMILES string of the molecule is NNC(=O)c1ccc(CN2CC3CCC(C2)O3)c(Br)c1. The van der Waals surface area contributed by atoms with Crippen molar-refractivity contribution in [3.8, 4) is 0 Å². The summed E-state index contributed by atoms with van der Waals surface area (Å²) in [5, 5.41) is 0. The number of hydrazine groups is 1. The Bertz CT molecular complexity index is 511. The van der Waals surface area contributed by atoms with Gasteiger partial charge in [-0.2, -0.15) is 0 Å². The largest absolute Gasteiger partial charge is 0.372 e. The number of nitrogens with one attached hydrogen (secondary N) is 1. The summed E-state index contributed by atoms with van der Waals surface area (Å²) in [7, 11) is 0.